The summed E-state index contributed by atoms with van der Waals surface area (Å²) in [5, 5.41) is 14.0. The molecule has 0 saturated heterocycles. The smallest absolute Gasteiger partial charge is 0.129 e. The van der Waals surface area contributed by atoms with Gasteiger partial charge in [0.1, 0.15) is 11.9 Å². The molecule has 1 N–H and O–H groups in total. The second-order valence-corrected chi connectivity index (χ2v) is 3.55. The Bertz CT molecular complexity index is 481. The van der Waals surface area contributed by atoms with Gasteiger partial charge >= 0.3 is 0 Å². The van der Waals surface area contributed by atoms with E-state index in [9.17, 15) is 9.50 Å². The summed E-state index contributed by atoms with van der Waals surface area (Å²) in [5.74, 6) is -0.403. The number of aryl methyl sites for hydroxylation is 1. The summed E-state index contributed by atoms with van der Waals surface area (Å²) in [4.78, 5) is 0. The van der Waals surface area contributed by atoms with Crippen LogP contribution in [-0.4, -0.2) is 14.9 Å². The van der Waals surface area contributed by atoms with Gasteiger partial charge < -0.3 is 5.11 Å². The minimum absolute atomic E-state index is 0.276. The molecular formula is C12H13FN2O. The molecule has 0 bridgehead atoms. The fourth-order valence-electron chi connectivity index (χ4n) is 1.57. The van der Waals surface area contributed by atoms with Crippen LogP contribution in [0.2, 0.25) is 0 Å². The summed E-state index contributed by atoms with van der Waals surface area (Å²) in [6.07, 6.45) is 2.32. The number of aromatic nitrogens is 2. The van der Waals surface area contributed by atoms with Gasteiger partial charge in [-0.05, 0) is 13.0 Å². The molecule has 1 unspecified atom stereocenters. The molecule has 2 rings (SSSR count). The zero-order chi connectivity index (χ0) is 11.5. The van der Waals surface area contributed by atoms with Crippen molar-refractivity contribution in [3.63, 3.8) is 0 Å². The Labute approximate surface area is 93.2 Å². The Morgan fingerprint density at radius 1 is 1.44 bits per heavy atom. The average molecular weight is 220 g/mol. The second kappa shape index (κ2) is 4.45. The molecular weight excluding hydrogens is 207 g/mol. The van der Waals surface area contributed by atoms with Gasteiger partial charge in [0.2, 0.25) is 0 Å². The van der Waals surface area contributed by atoms with Crippen LogP contribution < -0.4 is 0 Å². The number of hydrogen-bond acceptors (Lipinski definition) is 2. The molecule has 0 aliphatic heterocycles. The standard InChI is InChI=1S/C12H13FN2O/c1-2-15-8-9(7-14-15)12(16)10-5-3-4-6-11(10)13/h3-8,12,16H,2H2,1H3. The van der Waals surface area contributed by atoms with Crippen LogP contribution in [-0.2, 0) is 6.54 Å². The van der Waals surface area contributed by atoms with E-state index in [2.05, 4.69) is 5.10 Å². The lowest BCUT2D eigenvalue weighted by molar-refractivity contribution is 0.215. The minimum atomic E-state index is -0.957. The van der Waals surface area contributed by atoms with Crippen LogP contribution >= 0.6 is 0 Å². The van der Waals surface area contributed by atoms with Crippen LogP contribution in [0.5, 0.6) is 0 Å². The first-order chi connectivity index (χ1) is 7.72. The molecule has 0 aliphatic rings. The first kappa shape index (κ1) is 10.8. The number of aliphatic hydroxyl groups is 1. The number of halogens is 1. The van der Waals surface area contributed by atoms with Gasteiger partial charge in [0.15, 0.2) is 0 Å². The van der Waals surface area contributed by atoms with Gasteiger partial charge in [-0.2, -0.15) is 5.10 Å². The maximum atomic E-state index is 13.4. The number of hydrogen-bond donors (Lipinski definition) is 1. The SMILES string of the molecule is CCn1cc(C(O)c2ccccc2F)cn1. The third-order valence-electron chi connectivity index (χ3n) is 2.49. The van der Waals surface area contributed by atoms with Crippen LogP contribution in [0.3, 0.4) is 0 Å². The van der Waals surface area contributed by atoms with Gasteiger partial charge in [-0.1, -0.05) is 18.2 Å². The number of nitrogens with zero attached hydrogens (tertiary/aromatic N) is 2. The van der Waals surface area contributed by atoms with E-state index >= 15 is 0 Å². The third kappa shape index (κ3) is 1.97. The largest absolute Gasteiger partial charge is 0.383 e. The molecule has 4 heteroatoms. The van der Waals surface area contributed by atoms with E-state index in [-0.39, 0.29) is 5.56 Å². The van der Waals surface area contributed by atoms with Crippen molar-refractivity contribution in [1.82, 2.24) is 9.78 Å². The van der Waals surface area contributed by atoms with E-state index in [0.29, 0.717) is 5.56 Å². The van der Waals surface area contributed by atoms with Crippen LogP contribution in [0.25, 0.3) is 0 Å². The van der Waals surface area contributed by atoms with E-state index in [1.165, 1.54) is 6.07 Å². The molecule has 1 atom stereocenters. The lowest BCUT2D eigenvalue weighted by Gasteiger charge is -2.09. The molecule has 0 aliphatic carbocycles. The lowest BCUT2D eigenvalue weighted by atomic mass is 10.0. The second-order valence-electron chi connectivity index (χ2n) is 3.55. The summed E-state index contributed by atoms with van der Waals surface area (Å²) >= 11 is 0. The normalized spacial score (nSPS) is 12.7. The third-order valence-corrected chi connectivity index (χ3v) is 2.49. The fraction of sp³-hybridized carbons (Fsp3) is 0.250. The Morgan fingerprint density at radius 2 is 2.19 bits per heavy atom. The van der Waals surface area contributed by atoms with E-state index in [0.717, 1.165) is 6.54 Å². The molecule has 1 aromatic heterocycles. The molecule has 1 heterocycles. The Hall–Kier alpha value is -1.68. The summed E-state index contributed by atoms with van der Waals surface area (Å²) in [6, 6.07) is 6.21. The molecule has 2 aromatic rings. The molecule has 0 fully saturated rings. The van der Waals surface area contributed by atoms with Gasteiger partial charge in [-0.15, -0.1) is 0 Å². The van der Waals surface area contributed by atoms with Crippen molar-refractivity contribution >= 4 is 0 Å². The van der Waals surface area contributed by atoms with Crippen molar-refractivity contribution in [1.29, 1.82) is 0 Å². The minimum Gasteiger partial charge on any atom is -0.383 e. The zero-order valence-electron chi connectivity index (χ0n) is 8.97. The average Bonchev–Trinajstić information content (AvgIpc) is 2.77. The van der Waals surface area contributed by atoms with Crippen LogP contribution in [0, 0.1) is 5.82 Å². The van der Waals surface area contributed by atoms with Gasteiger partial charge in [0.05, 0.1) is 6.20 Å². The Morgan fingerprint density at radius 3 is 2.81 bits per heavy atom. The molecule has 1 aromatic carbocycles. The zero-order valence-corrected chi connectivity index (χ0v) is 8.97. The van der Waals surface area contributed by atoms with Crippen LogP contribution in [0.15, 0.2) is 36.7 Å². The highest BCUT2D eigenvalue weighted by Crippen LogP contribution is 2.23. The predicted octanol–water partition coefficient (Wildman–Crippen LogP) is 2.12. The number of rotatable bonds is 3. The lowest BCUT2D eigenvalue weighted by Crippen LogP contribution is -2.01. The van der Waals surface area contributed by atoms with Crippen molar-refractivity contribution in [2.45, 2.75) is 19.6 Å². The van der Waals surface area contributed by atoms with Gasteiger partial charge in [0, 0.05) is 23.9 Å². The molecule has 3 nitrogen and oxygen atoms in total. The highest BCUT2D eigenvalue weighted by atomic mass is 19.1. The van der Waals surface area contributed by atoms with Crippen molar-refractivity contribution < 1.29 is 9.50 Å². The summed E-state index contributed by atoms with van der Waals surface area (Å²) in [7, 11) is 0. The van der Waals surface area contributed by atoms with Crippen molar-refractivity contribution in [2.24, 2.45) is 0 Å². The van der Waals surface area contributed by atoms with E-state index in [1.807, 2.05) is 6.92 Å². The van der Waals surface area contributed by atoms with E-state index < -0.39 is 11.9 Å². The predicted molar refractivity (Wildman–Crippen MR) is 58.4 cm³/mol. The molecule has 16 heavy (non-hydrogen) atoms. The Kier molecular flexibility index (Phi) is 3.01. The van der Waals surface area contributed by atoms with Gasteiger partial charge in [-0.25, -0.2) is 4.39 Å². The van der Waals surface area contributed by atoms with Crippen molar-refractivity contribution in [3.8, 4) is 0 Å². The first-order valence-corrected chi connectivity index (χ1v) is 5.17. The quantitative estimate of drug-likeness (QED) is 0.860. The van der Waals surface area contributed by atoms with Crippen molar-refractivity contribution in [3.05, 3.63) is 53.6 Å². The number of benzene rings is 1. The maximum Gasteiger partial charge on any atom is 0.129 e. The molecule has 0 saturated carbocycles. The molecule has 0 radical (unpaired) electrons. The molecule has 84 valence electrons. The number of aliphatic hydroxyl groups excluding tert-OH is 1. The molecule has 0 spiro atoms. The van der Waals surface area contributed by atoms with Gasteiger partial charge in [-0.3, -0.25) is 4.68 Å². The summed E-state index contributed by atoms with van der Waals surface area (Å²) in [6.45, 7) is 2.68. The topological polar surface area (TPSA) is 38.0 Å². The van der Waals surface area contributed by atoms with Crippen LogP contribution in [0.4, 0.5) is 4.39 Å². The fourth-order valence-corrected chi connectivity index (χ4v) is 1.57. The first-order valence-electron chi connectivity index (χ1n) is 5.17. The summed E-state index contributed by atoms with van der Waals surface area (Å²) < 4.78 is 15.1. The van der Waals surface area contributed by atoms with Crippen molar-refractivity contribution in [2.75, 3.05) is 0 Å². The van der Waals surface area contributed by atoms with Crippen LogP contribution in [0.1, 0.15) is 24.2 Å². The monoisotopic (exact) mass is 220 g/mol. The summed E-state index contributed by atoms with van der Waals surface area (Å²) in [5.41, 5.74) is 0.880. The highest BCUT2D eigenvalue weighted by Gasteiger charge is 2.15. The Balaban J connectivity index is 2.31. The highest BCUT2D eigenvalue weighted by molar-refractivity contribution is 5.28. The molecule has 0 amide bonds. The van der Waals surface area contributed by atoms with Gasteiger partial charge in [0.25, 0.3) is 0 Å². The maximum absolute atomic E-state index is 13.4. The van der Waals surface area contributed by atoms with E-state index in [1.54, 1.807) is 35.3 Å². The van der Waals surface area contributed by atoms with E-state index in [4.69, 9.17) is 0 Å².